The Morgan fingerprint density at radius 1 is 0.759 bits per heavy atom. The fraction of sp³-hybridized carbons (Fsp3) is 0.926. The Hall–Kier alpha value is -0.370. The lowest BCUT2D eigenvalue weighted by Gasteiger charge is -2.41. The van der Waals surface area contributed by atoms with Crippen molar-refractivity contribution in [1.82, 2.24) is 0 Å². The Morgan fingerprint density at radius 2 is 1.24 bits per heavy atom. The molecule has 0 aliphatic heterocycles. The van der Waals surface area contributed by atoms with Gasteiger partial charge < -0.3 is 4.74 Å². The highest BCUT2D eigenvalue weighted by Gasteiger charge is 2.35. The molecule has 29 heavy (non-hydrogen) atoms. The smallest absolute Gasteiger partial charge is 0.0897 e. The van der Waals surface area contributed by atoms with Crippen molar-refractivity contribution in [2.75, 3.05) is 13.8 Å². The van der Waals surface area contributed by atoms with Gasteiger partial charge in [-0.2, -0.15) is 0 Å². The molecule has 3 aliphatic carbocycles. The quantitative estimate of drug-likeness (QED) is 0.277. The summed E-state index contributed by atoms with van der Waals surface area (Å²) in [4.78, 5) is 0. The van der Waals surface area contributed by atoms with E-state index in [4.69, 9.17) is 4.74 Å². The second-order valence-electron chi connectivity index (χ2n) is 10.6. The van der Waals surface area contributed by atoms with Crippen LogP contribution in [0.5, 0.6) is 0 Å². The molecular formula is C27H47FO. The van der Waals surface area contributed by atoms with E-state index in [1.54, 1.807) is 0 Å². The molecule has 1 atom stereocenters. The first-order valence-corrected chi connectivity index (χ1v) is 12.9. The molecule has 2 heteroatoms. The number of halogens is 1. The minimum atomic E-state index is -0.175. The number of unbranched alkanes of at least 4 members (excludes halogenated alkanes) is 1. The van der Waals surface area contributed by atoms with E-state index in [9.17, 15) is 4.39 Å². The average Bonchev–Trinajstić information content (AvgIpc) is 2.79. The van der Waals surface area contributed by atoms with Crippen LogP contribution in [0.3, 0.4) is 0 Å². The molecule has 0 aromatic carbocycles. The van der Waals surface area contributed by atoms with Crippen molar-refractivity contribution in [3.8, 4) is 0 Å². The Balaban J connectivity index is 1.31. The topological polar surface area (TPSA) is 9.23 Å². The van der Waals surface area contributed by atoms with Gasteiger partial charge in [-0.1, -0.05) is 12.2 Å². The molecule has 0 saturated heterocycles. The monoisotopic (exact) mass is 406 g/mol. The Kier molecular flexibility index (Phi) is 10.0. The number of alkyl halides is 1. The van der Waals surface area contributed by atoms with Crippen LogP contribution in [0.15, 0.2) is 12.2 Å². The standard InChI is InChI=1S/C27H47FO/c1-21(29-2)23-12-14-25(15-13-23)27-18-16-26(17-19-27)24-10-8-22(9-11-24)7-5-3-4-6-20-28/h3,5,21-27H,4,6-20H2,1-2H3/t21?,22-,23-,24-,25-,26-,27-. The van der Waals surface area contributed by atoms with Crippen molar-refractivity contribution in [3.63, 3.8) is 0 Å². The molecule has 3 fully saturated rings. The zero-order valence-corrected chi connectivity index (χ0v) is 19.3. The third-order valence-corrected chi connectivity index (χ3v) is 9.03. The predicted octanol–water partition coefficient (Wildman–Crippen LogP) is 8.14. The summed E-state index contributed by atoms with van der Waals surface area (Å²) in [6.07, 6.45) is 25.4. The van der Waals surface area contributed by atoms with Gasteiger partial charge in [0, 0.05) is 7.11 Å². The fourth-order valence-electron chi connectivity index (χ4n) is 6.86. The van der Waals surface area contributed by atoms with E-state index in [2.05, 4.69) is 19.1 Å². The van der Waals surface area contributed by atoms with Crippen LogP contribution in [0.2, 0.25) is 0 Å². The summed E-state index contributed by atoms with van der Waals surface area (Å²) < 4.78 is 17.7. The number of allylic oxidation sites excluding steroid dienone is 2. The Bertz CT molecular complexity index is 451. The minimum absolute atomic E-state index is 0.175. The highest BCUT2D eigenvalue weighted by molar-refractivity contribution is 4.89. The van der Waals surface area contributed by atoms with E-state index < -0.39 is 0 Å². The van der Waals surface area contributed by atoms with E-state index in [1.165, 1.54) is 83.5 Å². The number of hydrogen-bond acceptors (Lipinski definition) is 1. The summed E-state index contributed by atoms with van der Waals surface area (Å²) in [5.74, 6) is 5.78. The van der Waals surface area contributed by atoms with Gasteiger partial charge in [0.2, 0.25) is 0 Å². The van der Waals surface area contributed by atoms with E-state index in [0.29, 0.717) is 12.5 Å². The molecule has 168 valence electrons. The fourth-order valence-corrected chi connectivity index (χ4v) is 6.86. The summed E-state index contributed by atoms with van der Waals surface area (Å²) in [6, 6.07) is 0. The number of hydrogen-bond donors (Lipinski definition) is 0. The summed E-state index contributed by atoms with van der Waals surface area (Å²) in [5, 5.41) is 0. The number of methoxy groups -OCH3 is 1. The summed E-state index contributed by atoms with van der Waals surface area (Å²) in [7, 11) is 1.87. The first-order valence-electron chi connectivity index (χ1n) is 12.9. The van der Waals surface area contributed by atoms with Gasteiger partial charge in [-0.25, -0.2) is 0 Å². The van der Waals surface area contributed by atoms with Gasteiger partial charge in [0.25, 0.3) is 0 Å². The zero-order chi connectivity index (χ0) is 20.5. The highest BCUT2D eigenvalue weighted by Crippen LogP contribution is 2.46. The number of ether oxygens (including phenoxy) is 1. The molecule has 3 aliphatic rings. The molecule has 3 rings (SSSR count). The first kappa shape index (κ1) is 23.3. The molecule has 1 nitrogen and oxygen atoms in total. The average molecular weight is 407 g/mol. The van der Waals surface area contributed by atoms with E-state index in [1.807, 2.05) is 7.11 Å². The van der Waals surface area contributed by atoms with Crippen LogP contribution < -0.4 is 0 Å². The van der Waals surface area contributed by atoms with Crippen molar-refractivity contribution in [1.29, 1.82) is 0 Å². The van der Waals surface area contributed by atoms with Crippen LogP contribution in [0.25, 0.3) is 0 Å². The minimum Gasteiger partial charge on any atom is -0.381 e. The van der Waals surface area contributed by atoms with Crippen LogP contribution in [-0.2, 0) is 4.74 Å². The van der Waals surface area contributed by atoms with E-state index in [0.717, 1.165) is 41.9 Å². The normalized spacial score (nSPS) is 37.6. The SMILES string of the molecule is COC(C)[C@H]1CC[C@H]([C@H]2CC[C@H]([C@H]3CC[C@H](CC=CCCCF)CC3)CC2)CC1. The van der Waals surface area contributed by atoms with Crippen LogP contribution in [0, 0.1) is 35.5 Å². The summed E-state index contributed by atoms with van der Waals surface area (Å²) in [5.41, 5.74) is 0. The third-order valence-electron chi connectivity index (χ3n) is 9.03. The van der Waals surface area contributed by atoms with E-state index in [-0.39, 0.29) is 6.67 Å². The molecule has 0 spiro atoms. The number of rotatable bonds is 9. The second kappa shape index (κ2) is 12.5. The summed E-state index contributed by atoms with van der Waals surface area (Å²) in [6.45, 7) is 2.08. The van der Waals surface area contributed by atoms with Crippen molar-refractivity contribution in [2.24, 2.45) is 35.5 Å². The third kappa shape index (κ3) is 7.08. The van der Waals surface area contributed by atoms with Gasteiger partial charge in [0.1, 0.15) is 0 Å². The molecule has 0 aromatic rings. The van der Waals surface area contributed by atoms with Crippen LogP contribution in [0.1, 0.15) is 103 Å². The molecular weight excluding hydrogens is 359 g/mol. The van der Waals surface area contributed by atoms with Gasteiger partial charge in [0.05, 0.1) is 12.8 Å². The van der Waals surface area contributed by atoms with E-state index >= 15 is 0 Å². The molecule has 0 aromatic heterocycles. The molecule has 0 N–H and O–H groups in total. The second-order valence-corrected chi connectivity index (χ2v) is 10.6. The van der Waals surface area contributed by atoms with Gasteiger partial charge in [0.15, 0.2) is 0 Å². The zero-order valence-electron chi connectivity index (χ0n) is 19.3. The molecule has 1 unspecified atom stereocenters. The van der Waals surface area contributed by atoms with Crippen molar-refractivity contribution >= 4 is 0 Å². The lowest BCUT2D eigenvalue weighted by molar-refractivity contribution is 0.0307. The molecule has 0 radical (unpaired) electrons. The lowest BCUT2D eigenvalue weighted by atomic mass is 9.64. The molecule has 0 bridgehead atoms. The van der Waals surface area contributed by atoms with Crippen molar-refractivity contribution in [2.45, 2.75) is 109 Å². The predicted molar refractivity (Wildman–Crippen MR) is 122 cm³/mol. The molecule has 0 amide bonds. The molecule has 0 heterocycles. The Labute approximate surface area is 180 Å². The maximum atomic E-state index is 12.1. The summed E-state index contributed by atoms with van der Waals surface area (Å²) >= 11 is 0. The maximum Gasteiger partial charge on any atom is 0.0897 e. The van der Waals surface area contributed by atoms with Crippen molar-refractivity contribution in [3.05, 3.63) is 12.2 Å². The molecule has 3 saturated carbocycles. The highest BCUT2D eigenvalue weighted by atomic mass is 19.1. The first-order chi connectivity index (χ1) is 14.2. The lowest BCUT2D eigenvalue weighted by Crippen LogP contribution is -2.31. The van der Waals surface area contributed by atoms with Gasteiger partial charge in [-0.05, 0) is 139 Å². The van der Waals surface area contributed by atoms with Crippen LogP contribution in [0.4, 0.5) is 4.39 Å². The Morgan fingerprint density at radius 3 is 1.72 bits per heavy atom. The van der Waals surface area contributed by atoms with Gasteiger partial charge >= 0.3 is 0 Å². The maximum absolute atomic E-state index is 12.1. The van der Waals surface area contributed by atoms with Crippen LogP contribution >= 0.6 is 0 Å². The van der Waals surface area contributed by atoms with Gasteiger partial charge in [-0.3, -0.25) is 4.39 Å². The van der Waals surface area contributed by atoms with Gasteiger partial charge in [-0.15, -0.1) is 0 Å². The van der Waals surface area contributed by atoms with Crippen molar-refractivity contribution < 1.29 is 9.13 Å². The van der Waals surface area contributed by atoms with Crippen LogP contribution in [-0.4, -0.2) is 19.9 Å². The largest absolute Gasteiger partial charge is 0.381 e.